The molecule has 2 saturated heterocycles. The molecule has 1 aromatic rings. The second kappa shape index (κ2) is 9.56. The number of nitrogens with one attached hydrogen (secondary N) is 2. The lowest BCUT2D eigenvalue weighted by molar-refractivity contribution is -0.139. The Morgan fingerprint density at radius 2 is 2.25 bits per heavy atom. The Balaban J connectivity index is 1.38. The summed E-state index contributed by atoms with van der Waals surface area (Å²) in [5.41, 5.74) is 0.661. The van der Waals surface area contributed by atoms with E-state index in [-0.39, 0.29) is 36.5 Å². The summed E-state index contributed by atoms with van der Waals surface area (Å²) in [6.07, 6.45) is 4.61. The third-order valence-corrected chi connectivity index (χ3v) is 6.31. The van der Waals surface area contributed by atoms with Crippen molar-refractivity contribution in [3.63, 3.8) is 0 Å². The second-order valence-electron chi connectivity index (χ2n) is 8.78. The van der Waals surface area contributed by atoms with E-state index < -0.39 is 23.9 Å². The Kier molecular flexibility index (Phi) is 6.78. The normalized spacial score (nSPS) is 30.1. The summed E-state index contributed by atoms with van der Waals surface area (Å²) in [5, 5.41) is 15.5. The standard InChI is InChI=1S/C23H29FN2O6/c1-14-9-23(13-30-11-20(27)26-23)19(25-14)10-31-16-7-5-15(6-8-16)22-17(24)3-2-4-18(22)32-12-21(28)29/h2-5,14,16,19,25H,6-13H2,1H3,(H,26,27)(H,28,29)/t14-,16+,19?,23?/m1/s1. The van der Waals surface area contributed by atoms with E-state index in [1.165, 1.54) is 12.1 Å². The van der Waals surface area contributed by atoms with Crippen molar-refractivity contribution >= 4 is 17.4 Å². The summed E-state index contributed by atoms with van der Waals surface area (Å²) in [6.45, 7) is 2.55. The van der Waals surface area contributed by atoms with E-state index in [0.29, 0.717) is 38.0 Å². The lowest BCUT2D eigenvalue weighted by atomic mass is 9.88. The zero-order valence-corrected chi connectivity index (χ0v) is 18.1. The van der Waals surface area contributed by atoms with Crippen LogP contribution in [0.2, 0.25) is 0 Å². The van der Waals surface area contributed by atoms with Gasteiger partial charge in [-0.25, -0.2) is 9.18 Å². The molecule has 0 bridgehead atoms. The number of aliphatic carboxylic acids is 1. The van der Waals surface area contributed by atoms with Crippen molar-refractivity contribution in [3.8, 4) is 5.75 Å². The third-order valence-electron chi connectivity index (χ3n) is 6.31. The SMILES string of the molecule is C[C@@H]1CC2(COCC(=O)N2)C(CO[C@H]2CC=C(c3c(F)cccc3OCC(=O)O)CC2)N1. The third kappa shape index (κ3) is 4.95. The molecule has 174 valence electrons. The summed E-state index contributed by atoms with van der Waals surface area (Å²) in [6, 6.07) is 4.63. The van der Waals surface area contributed by atoms with Crippen molar-refractivity contribution in [3.05, 3.63) is 35.7 Å². The Bertz CT molecular complexity index is 906. The highest BCUT2D eigenvalue weighted by Gasteiger charge is 2.49. The maximum Gasteiger partial charge on any atom is 0.341 e. The van der Waals surface area contributed by atoms with Crippen LogP contribution in [0.4, 0.5) is 4.39 Å². The van der Waals surface area contributed by atoms with Crippen LogP contribution in [0, 0.1) is 5.82 Å². The Morgan fingerprint density at radius 3 is 2.97 bits per heavy atom. The fourth-order valence-electron chi connectivity index (χ4n) is 4.93. The molecule has 8 nitrogen and oxygen atoms in total. The molecule has 2 unspecified atom stereocenters. The van der Waals surface area contributed by atoms with Gasteiger partial charge in [-0.15, -0.1) is 0 Å². The molecule has 2 heterocycles. The van der Waals surface area contributed by atoms with Crippen LogP contribution >= 0.6 is 0 Å². The molecule has 32 heavy (non-hydrogen) atoms. The molecule has 1 aromatic carbocycles. The molecule has 2 aliphatic heterocycles. The van der Waals surface area contributed by atoms with Crippen molar-refractivity contribution in [2.24, 2.45) is 0 Å². The van der Waals surface area contributed by atoms with E-state index in [4.69, 9.17) is 19.3 Å². The number of carbonyl (C=O) groups is 2. The molecular weight excluding hydrogens is 419 g/mol. The maximum atomic E-state index is 14.5. The van der Waals surface area contributed by atoms with E-state index in [9.17, 15) is 14.0 Å². The van der Waals surface area contributed by atoms with Crippen LogP contribution in [0.15, 0.2) is 24.3 Å². The molecule has 4 rings (SSSR count). The number of benzene rings is 1. The average molecular weight is 448 g/mol. The van der Waals surface area contributed by atoms with Crippen LogP contribution in [0.1, 0.15) is 38.2 Å². The second-order valence-corrected chi connectivity index (χ2v) is 8.78. The fraction of sp³-hybridized carbons (Fsp3) is 0.565. The topological polar surface area (TPSA) is 106 Å². The average Bonchev–Trinajstić information content (AvgIpc) is 3.05. The van der Waals surface area contributed by atoms with Gasteiger partial charge in [-0.1, -0.05) is 12.1 Å². The molecule has 9 heteroatoms. The number of hydrogen-bond acceptors (Lipinski definition) is 6. The monoisotopic (exact) mass is 448 g/mol. The zero-order chi connectivity index (χ0) is 22.7. The highest BCUT2D eigenvalue weighted by molar-refractivity contribution is 5.79. The number of amides is 1. The highest BCUT2D eigenvalue weighted by Crippen LogP contribution is 2.36. The van der Waals surface area contributed by atoms with E-state index in [1.54, 1.807) is 6.07 Å². The lowest BCUT2D eigenvalue weighted by Gasteiger charge is -2.39. The van der Waals surface area contributed by atoms with Gasteiger partial charge >= 0.3 is 5.97 Å². The molecule has 3 N–H and O–H groups in total. The Labute approximate surface area is 186 Å². The van der Waals surface area contributed by atoms with Gasteiger partial charge in [0.2, 0.25) is 5.91 Å². The molecule has 2 fully saturated rings. The largest absolute Gasteiger partial charge is 0.481 e. The van der Waals surface area contributed by atoms with Gasteiger partial charge in [0, 0.05) is 6.04 Å². The minimum absolute atomic E-state index is 0.0242. The summed E-state index contributed by atoms with van der Waals surface area (Å²) in [5.74, 6) is -1.42. The Morgan fingerprint density at radius 1 is 1.41 bits per heavy atom. The summed E-state index contributed by atoms with van der Waals surface area (Å²) in [4.78, 5) is 22.7. The van der Waals surface area contributed by atoms with E-state index in [1.807, 2.05) is 6.08 Å². The number of morpholine rings is 1. The molecule has 1 amide bonds. The molecule has 0 aromatic heterocycles. The number of allylic oxidation sites excluding steroid dienone is 1. The number of carboxylic acid groups (broad SMARTS) is 1. The van der Waals surface area contributed by atoms with Crippen molar-refractivity contribution in [1.82, 2.24) is 10.6 Å². The van der Waals surface area contributed by atoms with Crippen molar-refractivity contribution in [1.29, 1.82) is 0 Å². The van der Waals surface area contributed by atoms with Crippen LogP contribution in [-0.4, -0.2) is 67.1 Å². The number of carboxylic acids is 1. The van der Waals surface area contributed by atoms with E-state index >= 15 is 0 Å². The first-order valence-electron chi connectivity index (χ1n) is 11.0. The molecule has 4 atom stereocenters. The first kappa shape index (κ1) is 22.7. The first-order valence-corrected chi connectivity index (χ1v) is 11.0. The van der Waals surface area contributed by atoms with Gasteiger partial charge in [0.05, 0.1) is 36.5 Å². The maximum absolute atomic E-state index is 14.5. The number of hydrogen-bond donors (Lipinski definition) is 3. The van der Waals surface area contributed by atoms with Crippen LogP contribution in [0.5, 0.6) is 5.75 Å². The van der Waals surface area contributed by atoms with Gasteiger partial charge in [0.1, 0.15) is 18.2 Å². The van der Waals surface area contributed by atoms with Gasteiger partial charge in [-0.05, 0) is 50.3 Å². The predicted octanol–water partition coefficient (Wildman–Crippen LogP) is 1.88. The van der Waals surface area contributed by atoms with Gasteiger partial charge < -0.3 is 30.0 Å². The molecule has 0 saturated carbocycles. The van der Waals surface area contributed by atoms with Crippen LogP contribution in [0.3, 0.4) is 0 Å². The number of rotatable bonds is 7. The zero-order valence-electron chi connectivity index (χ0n) is 18.1. The van der Waals surface area contributed by atoms with Crippen LogP contribution in [0.25, 0.3) is 5.57 Å². The predicted molar refractivity (Wildman–Crippen MR) is 114 cm³/mol. The lowest BCUT2D eigenvalue weighted by Crippen LogP contribution is -2.64. The quantitative estimate of drug-likeness (QED) is 0.585. The van der Waals surface area contributed by atoms with E-state index in [0.717, 1.165) is 12.0 Å². The summed E-state index contributed by atoms with van der Waals surface area (Å²) >= 11 is 0. The van der Waals surface area contributed by atoms with E-state index in [2.05, 4.69) is 17.6 Å². The molecular formula is C23H29FN2O6. The van der Waals surface area contributed by atoms with Crippen molar-refractivity contribution in [2.45, 2.75) is 56.3 Å². The molecule has 1 spiro atoms. The fourth-order valence-corrected chi connectivity index (χ4v) is 4.93. The number of ether oxygens (including phenoxy) is 3. The van der Waals surface area contributed by atoms with Gasteiger partial charge in [0.25, 0.3) is 0 Å². The van der Waals surface area contributed by atoms with Gasteiger partial charge in [-0.2, -0.15) is 0 Å². The first-order chi connectivity index (χ1) is 15.4. The summed E-state index contributed by atoms with van der Waals surface area (Å²) < 4.78 is 31.5. The van der Waals surface area contributed by atoms with Crippen molar-refractivity contribution < 1.29 is 33.3 Å². The molecule has 0 radical (unpaired) electrons. The summed E-state index contributed by atoms with van der Waals surface area (Å²) in [7, 11) is 0. The minimum Gasteiger partial charge on any atom is -0.481 e. The molecule has 1 aliphatic carbocycles. The molecule has 3 aliphatic rings. The number of carbonyl (C=O) groups excluding carboxylic acids is 1. The number of halogens is 1. The van der Waals surface area contributed by atoms with Gasteiger partial charge in [-0.3, -0.25) is 4.79 Å². The highest BCUT2D eigenvalue weighted by atomic mass is 19.1. The Hall–Kier alpha value is -2.49. The minimum atomic E-state index is -1.11. The van der Waals surface area contributed by atoms with Crippen LogP contribution < -0.4 is 15.4 Å². The smallest absolute Gasteiger partial charge is 0.341 e. The van der Waals surface area contributed by atoms with Crippen LogP contribution in [-0.2, 0) is 19.1 Å². The van der Waals surface area contributed by atoms with Crippen molar-refractivity contribution in [2.75, 3.05) is 26.4 Å². The van der Waals surface area contributed by atoms with Gasteiger partial charge in [0.15, 0.2) is 6.61 Å².